The Morgan fingerprint density at radius 3 is 2.06 bits per heavy atom. The average Bonchev–Trinajstić information content (AvgIpc) is 3.46. The molecule has 10 N–H and O–H groups in total. The van der Waals surface area contributed by atoms with E-state index in [0.717, 1.165) is 6.92 Å². The molecule has 0 bridgehead atoms. The summed E-state index contributed by atoms with van der Waals surface area (Å²) in [6.45, 7) is 2.78. The minimum Gasteiger partial charge on any atom is -0.477 e. The maximum absolute atomic E-state index is 12.4. The Morgan fingerprint density at radius 1 is 0.808 bits per heavy atom. The lowest BCUT2D eigenvalue weighted by Crippen LogP contribution is -2.65. The number of aliphatic hydroxyl groups excluding tert-OH is 7. The van der Waals surface area contributed by atoms with Crippen LogP contribution in [-0.4, -0.2) is 190 Å². The Morgan fingerprint density at radius 2 is 1.42 bits per heavy atom. The standard InChI is InChI=1S/C30H48N2O20/c1-3-4-5-8-44-28(42)31-6-7-32-29(43)45-12-17-13(9-14-24(49-17)52-30(2,51-14)27(40)41)46-25-22(39)20(37)23(16(11-34)48-25)50-26-21(38)19(36)18(35)15(10-33)47-26/h3,13-26,33-39H,1,4-12H2,2H3,(H,31,42)(H,32,43)(H,40,41)/t13-,14?,15?,16?,17?,18-,19?,20?,21?,22?,23-,24+,25+,26+,30+/m0/s1. The zero-order valence-corrected chi connectivity index (χ0v) is 28.2. The number of rotatable bonds is 16. The summed E-state index contributed by atoms with van der Waals surface area (Å²) in [5.41, 5.74) is 0. The minimum atomic E-state index is -2.10. The number of fused-ring (bicyclic) bond motifs is 1. The predicted octanol–water partition coefficient (Wildman–Crippen LogP) is -4.25. The second kappa shape index (κ2) is 19.0. The smallest absolute Gasteiger partial charge is 0.407 e. The van der Waals surface area contributed by atoms with Crippen LogP contribution in [0.1, 0.15) is 26.2 Å². The van der Waals surface area contributed by atoms with Gasteiger partial charge in [-0.1, -0.05) is 6.08 Å². The van der Waals surface area contributed by atoms with Crippen LogP contribution >= 0.6 is 0 Å². The fourth-order valence-corrected chi connectivity index (χ4v) is 5.80. The highest BCUT2D eigenvalue weighted by Crippen LogP contribution is 2.39. The second-order valence-electron chi connectivity index (χ2n) is 12.5. The molecular weight excluding hydrogens is 708 g/mol. The number of hydrogen-bond donors (Lipinski definition) is 10. The number of ether oxygens (including phenoxy) is 9. The van der Waals surface area contributed by atoms with E-state index in [1.54, 1.807) is 6.08 Å². The normalized spacial score (nSPS) is 40.3. The summed E-state index contributed by atoms with van der Waals surface area (Å²) in [7, 11) is 0. The van der Waals surface area contributed by atoms with E-state index in [0.29, 0.717) is 12.8 Å². The lowest BCUT2D eigenvalue weighted by Gasteiger charge is -2.47. The molecule has 52 heavy (non-hydrogen) atoms. The van der Waals surface area contributed by atoms with Gasteiger partial charge in [0.15, 0.2) is 18.9 Å². The molecule has 0 aromatic carbocycles. The summed E-state index contributed by atoms with van der Waals surface area (Å²) < 4.78 is 49.6. The van der Waals surface area contributed by atoms with Crippen molar-refractivity contribution in [1.29, 1.82) is 0 Å². The van der Waals surface area contributed by atoms with Crippen LogP contribution in [0, 0.1) is 0 Å². The molecule has 0 aromatic heterocycles. The summed E-state index contributed by atoms with van der Waals surface area (Å²) in [4.78, 5) is 35.9. The molecule has 2 amide bonds. The molecular formula is C30H48N2O20. The van der Waals surface area contributed by atoms with Crippen LogP contribution in [0.4, 0.5) is 9.59 Å². The highest BCUT2D eigenvalue weighted by atomic mass is 16.8. The van der Waals surface area contributed by atoms with Gasteiger partial charge >= 0.3 is 18.2 Å². The first-order valence-corrected chi connectivity index (χ1v) is 16.6. The number of carboxylic acids is 1. The molecule has 4 aliphatic rings. The van der Waals surface area contributed by atoms with Crippen molar-refractivity contribution in [3.8, 4) is 0 Å². The van der Waals surface area contributed by atoms with E-state index in [1.807, 2.05) is 0 Å². The van der Waals surface area contributed by atoms with Gasteiger partial charge in [-0.15, -0.1) is 6.58 Å². The largest absolute Gasteiger partial charge is 0.477 e. The SMILES string of the molecule is C=CCCCOC(=O)NCCNC(=O)OCC1O[C@@H]2O[C@](C)(C(=O)O)OC2C[C@@H]1O[C@@H]1OC(CO)[C@H](O[C@H]2OC(CO)[C@H](O)C(O)C2O)C(O)C1O. The molecule has 0 aliphatic carbocycles. The summed E-state index contributed by atoms with van der Waals surface area (Å²) in [5.74, 6) is -3.55. The molecule has 15 atom stereocenters. The first-order chi connectivity index (χ1) is 24.7. The molecule has 22 nitrogen and oxygen atoms in total. The molecule has 8 unspecified atom stereocenters. The second-order valence-corrected chi connectivity index (χ2v) is 12.5. The zero-order valence-electron chi connectivity index (χ0n) is 28.2. The fraction of sp³-hybridized carbons (Fsp3) is 0.833. The molecule has 0 spiro atoms. The van der Waals surface area contributed by atoms with Gasteiger partial charge in [-0.3, -0.25) is 0 Å². The van der Waals surface area contributed by atoms with E-state index in [4.69, 9.17) is 42.6 Å². The number of nitrogens with one attached hydrogen (secondary N) is 2. The minimum absolute atomic E-state index is 0.0100. The Hall–Kier alpha value is -2.81. The van der Waals surface area contributed by atoms with Gasteiger partial charge in [-0.05, 0) is 12.8 Å². The molecule has 22 heteroatoms. The Balaban J connectivity index is 1.37. The average molecular weight is 757 g/mol. The number of aliphatic hydroxyl groups is 7. The Bertz CT molecular complexity index is 1200. The number of carboxylic acid groups (broad SMARTS) is 1. The van der Waals surface area contributed by atoms with Gasteiger partial charge < -0.3 is 94.1 Å². The molecule has 4 heterocycles. The third kappa shape index (κ3) is 10.2. The highest BCUT2D eigenvalue weighted by Gasteiger charge is 2.57. The number of hydrogen-bond acceptors (Lipinski definition) is 19. The van der Waals surface area contributed by atoms with E-state index < -0.39 is 130 Å². The number of carbonyl (C=O) groups is 3. The summed E-state index contributed by atoms with van der Waals surface area (Å²) in [6.07, 6.45) is -20.5. The van der Waals surface area contributed by atoms with Gasteiger partial charge in [0.2, 0.25) is 0 Å². The first-order valence-electron chi connectivity index (χ1n) is 16.6. The van der Waals surface area contributed by atoms with E-state index in [-0.39, 0.29) is 26.1 Å². The van der Waals surface area contributed by atoms with Crippen LogP contribution in [0.25, 0.3) is 0 Å². The number of alkyl carbamates (subject to hydrolysis) is 2. The predicted molar refractivity (Wildman–Crippen MR) is 165 cm³/mol. The number of carbonyl (C=O) groups excluding carboxylic acids is 2. The molecule has 0 saturated carbocycles. The van der Waals surface area contributed by atoms with Crippen molar-refractivity contribution in [3.05, 3.63) is 12.7 Å². The van der Waals surface area contributed by atoms with E-state index in [1.165, 1.54) is 0 Å². The van der Waals surface area contributed by atoms with Crippen molar-refractivity contribution in [3.63, 3.8) is 0 Å². The van der Waals surface area contributed by atoms with Crippen LogP contribution in [0.15, 0.2) is 12.7 Å². The lowest BCUT2D eigenvalue weighted by atomic mass is 9.96. The third-order valence-corrected chi connectivity index (χ3v) is 8.69. The van der Waals surface area contributed by atoms with Crippen LogP contribution < -0.4 is 10.6 Å². The quantitative estimate of drug-likeness (QED) is 0.0526. The number of unbranched alkanes of at least 4 members (excludes halogenated alkanes) is 1. The zero-order chi connectivity index (χ0) is 38.2. The van der Waals surface area contributed by atoms with Gasteiger partial charge in [-0.2, -0.15) is 0 Å². The monoisotopic (exact) mass is 756 g/mol. The molecule has 298 valence electrons. The maximum Gasteiger partial charge on any atom is 0.407 e. The third-order valence-electron chi connectivity index (χ3n) is 8.69. The summed E-state index contributed by atoms with van der Waals surface area (Å²) in [5, 5.41) is 86.6. The van der Waals surface area contributed by atoms with Crippen LogP contribution in [0.2, 0.25) is 0 Å². The van der Waals surface area contributed by atoms with Crippen LogP contribution in [0.5, 0.6) is 0 Å². The fourth-order valence-electron chi connectivity index (χ4n) is 5.80. The number of aliphatic carboxylic acids is 1. The van der Waals surface area contributed by atoms with E-state index >= 15 is 0 Å². The van der Waals surface area contributed by atoms with E-state index in [9.17, 15) is 55.2 Å². The molecule has 0 radical (unpaired) electrons. The summed E-state index contributed by atoms with van der Waals surface area (Å²) in [6, 6.07) is 0. The van der Waals surface area contributed by atoms with E-state index in [2.05, 4.69) is 17.2 Å². The van der Waals surface area contributed by atoms with Crippen molar-refractivity contribution in [1.82, 2.24) is 10.6 Å². The highest BCUT2D eigenvalue weighted by molar-refractivity contribution is 5.75. The van der Waals surface area contributed by atoms with Crippen LogP contribution in [-0.2, 0) is 47.4 Å². The topological polar surface area (TPSA) is 320 Å². The van der Waals surface area contributed by atoms with Crippen molar-refractivity contribution >= 4 is 18.2 Å². The summed E-state index contributed by atoms with van der Waals surface area (Å²) >= 11 is 0. The lowest BCUT2D eigenvalue weighted by molar-refractivity contribution is -0.369. The molecule has 4 aliphatic heterocycles. The maximum atomic E-state index is 12.4. The van der Waals surface area contributed by atoms with Crippen LogP contribution in [0.3, 0.4) is 0 Å². The first kappa shape index (κ1) is 41.9. The number of amides is 2. The molecule has 4 fully saturated rings. The molecule has 4 rings (SSSR count). The van der Waals surface area contributed by atoms with Crippen molar-refractivity contribution in [2.45, 2.75) is 118 Å². The van der Waals surface area contributed by atoms with Crippen molar-refractivity contribution < 1.29 is 97.9 Å². The van der Waals surface area contributed by atoms with Gasteiger partial charge in [0.25, 0.3) is 5.79 Å². The number of allylic oxidation sites excluding steroid dienone is 1. The Labute approximate surface area is 297 Å². The van der Waals surface area contributed by atoms with Crippen molar-refractivity contribution in [2.75, 3.05) is 39.5 Å². The van der Waals surface area contributed by atoms with Gasteiger partial charge in [0.05, 0.1) is 25.9 Å². The van der Waals surface area contributed by atoms with Gasteiger partial charge in [0, 0.05) is 26.4 Å². The van der Waals surface area contributed by atoms with Crippen molar-refractivity contribution in [2.24, 2.45) is 0 Å². The Kier molecular flexibility index (Phi) is 15.3. The van der Waals surface area contributed by atoms with Gasteiger partial charge in [0.1, 0.15) is 67.6 Å². The van der Waals surface area contributed by atoms with Gasteiger partial charge in [-0.25, -0.2) is 14.4 Å². The molecule has 4 saturated heterocycles. The molecule has 0 aromatic rings.